The number of benzene rings is 1. The number of rotatable bonds is 5. The van der Waals surface area contributed by atoms with Gasteiger partial charge in [-0.15, -0.1) is 0 Å². The number of aryl methyl sites for hydroxylation is 2. The summed E-state index contributed by atoms with van der Waals surface area (Å²) in [6, 6.07) is 5.37. The lowest BCUT2D eigenvalue weighted by molar-refractivity contribution is -0.127. The molecule has 1 heterocycles. The first-order valence-electron chi connectivity index (χ1n) is 9.91. The predicted molar refractivity (Wildman–Crippen MR) is 106 cm³/mol. The highest BCUT2D eigenvalue weighted by Gasteiger charge is 2.32. The number of amides is 1. The van der Waals surface area contributed by atoms with Crippen molar-refractivity contribution in [2.45, 2.75) is 63.4 Å². The second-order valence-electron chi connectivity index (χ2n) is 7.85. The number of piperazine rings is 1. The predicted octanol–water partition coefficient (Wildman–Crippen LogP) is 2.06. The van der Waals surface area contributed by atoms with Gasteiger partial charge in [-0.3, -0.25) is 9.69 Å². The van der Waals surface area contributed by atoms with Gasteiger partial charge >= 0.3 is 0 Å². The van der Waals surface area contributed by atoms with Crippen LogP contribution in [0.25, 0.3) is 0 Å². The van der Waals surface area contributed by atoms with E-state index in [4.69, 9.17) is 0 Å². The first-order chi connectivity index (χ1) is 12.8. The minimum absolute atomic E-state index is 0.0624. The van der Waals surface area contributed by atoms with Crippen LogP contribution in [0.3, 0.4) is 0 Å². The number of nitrogens with one attached hydrogen (secondary N) is 1. The summed E-state index contributed by atoms with van der Waals surface area (Å²) >= 11 is 0. The minimum atomic E-state index is -3.48. The summed E-state index contributed by atoms with van der Waals surface area (Å²) < 4.78 is 27.4. The van der Waals surface area contributed by atoms with Gasteiger partial charge < -0.3 is 5.32 Å². The van der Waals surface area contributed by atoms with Crippen molar-refractivity contribution in [1.29, 1.82) is 0 Å². The molecule has 0 radical (unpaired) electrons. The molecule has 1 aliphatic carbocycles. The summed E-state index contributed by atoms with van der Waals surface area (Å²) in [5.41, 5.74) is 2.06. The largest absolute Gasteiger partial charge is 0.352 e. The van der Waals surface area contributed by atoms with Crippen molar-refractivity contribution in [2.24, 2.45) is 0 Å². The van der Waals surface area contributed by atoms with Crippen LogP contribution in [0.2, 0.25) is 0 Å². The van der Waals surface area contributed by atoms with Crippen molar-refractivity contribution in [3.63, 3.8) is 0 Å². The average Bonchev–Trinajstić information content (AvgIpc) is 3.16. The first kappa shape index (κ1) is 20.3. The zero-order chi connectivity index (χ0) is 19.6. The topological polar surface area (TPSA) is 69.7 Å². The molecule has 7 heteroatoms. The first-order valence-corrected chi connectivity index (χ1v) is 11.3. The van der Waals surface area contributed by atoms with Crippen molar-refractivity contribution >= 4 is 15.9 Å². The highest BCUT2D eigenvalue weighted by atomic mass is 32.2. The van der Waals surface area contributed by atoms with E-state index in [2.05, 4.69) is 10.2 Å². The number of sulfonamides is 1. The molecule has 1 N–H and O–H groups in total. The zero-order valence-electron chi connectivity index (χ0n) is 16.6. The van der Waals surface area contributed by atoms with Crippen LogP contribution in [0.5, 0.6) is 0 Å². The van der Waals surface area contributed by atoms with Crippen LogP contribution in [0.15, 0.2) is 23.1 Å². The standard InChI is InChI=1S/C20H31N3O3S/c1-15-8-9-19(14-16(15)2)27(25,26)23-12-10-22(11-13-23)17(3)20(24)21-18-6-4-5-7-18/h8-9,14,17-18H,4-7,10-13H2,1-3H3,(H,21,24)/t17-/m1/s1. The van der Waals surface area contributed by atoms with Gasteiger partial charge in [0.25, 0.3) is 0 Å². The van der Waals surface area contributed by atoms with Crippen LogP contribution in [0.1, 0.15) is 43.7 Å². The Hall–Kier alpha value is -1.44. The molecule has 1 aliphatic heterocycles. The molecule has 0 unspecified atom stereocenters. The van der Waals surface area contributed by atoms with Crippen LogP contribution in [-0.4, -0.2) is 61.8 Å². The summed E-state index contributed by atoms with van der Waals surface area (Å²) in [5, 5.41) is 3.14. The number of hydrogen-bond acceptors (Lipinski definition) is 4. The fourth-order valence-corrected chi connectivity index (χ4v) is 5.42. The van der Waals surface area contributed by atoms with E-state index in [1.165, 1.54) is 17.1 Å². The van der Waals surface area contributed by atoms with Gasteiger partial charge in [0.2, 0.25) is 15.9 Å². The summed E-state index contributed by atoms with van der Waals surface area (Å²) in [6.45, 7) is 7.79. The Kier molecular flexibility index (Phi) is 6.23. The molecule has 0 bridgehead atoms. The molecular weight excluding hydrogens is 362 g/mol. The SMILES string of the molecule is Cc1ccc(S(=O)(=O)N2CCN([C@H](C)C(=O)NC3CCCC3)CC2)cc1C. The van der Waals surface area contributed by atoms with E-state index < -0.39 is 10.0 Å². The van der Waals surface area contributed by atoms with Gasteiger partial charge in [0.1, 0.15) is 0 Å². The van der Waals surface area contributed by atoms with Crippen LogP contribution >= 0.6 is 0 Å². The van der Waals surface area contributed by atoms with Crippen molar-refractivity contribution in [2.75, 3.05) is 26.2 Å². The van der Waals surface area contributed by atoms with E-state index in [1.807, 2.05) is 26.8 Å². The number of hydrogen-bond donors (Lipinski definition) is 1. The molecule has 150 valence electrons. The fourth-order valence-electron chi connectivity index (χ4n) is 3.91. The van der Waals surface area contributed by atoms with Crippen molar-refractivity contribution in [1.82, 2.24) is 14.5 Å². The molecule has 27 heavy (non-hydrogen) atoms. The molecule has 1 amide bonds. The van der Waals surface area contributed by atoms with Gasteiger partial charge in [-0.1, -0.05) is 18.9 Å². The minimum Gasteiger partial charge on any atom is -0.352 e. The maximum atomic E-state index is 12.9. The van der Waals surface area contributed by atoms with E-state index in [-0.39, 0.29) is 11.9 Å². The lowest BCUT2D eigenvalue weighted by Crippen LogP contribution is -2.55. The monoisotopic (exact) mass is 393 g/mol. The van der Waals surface area contributed by atoms with Gasteiger partial charge in [-0.25, -0.2) is 8.42 Å². The Morgan fingerprint density at radius 2 is 1.70 bits per heavy atom. The lowest BCUT2D eigenvalue weighted by Gasteiger charge is -2.37. The molecule has 1 aromatic carbocycles. The summed E-state index contributed by atoms with van der Waals surface area (Å²) in [4.78, 5) is 14.9. The average molecular weight is 394 g/mol. The number of nitrogens with zero attached hydrogens (tertiary/aromatic N) is 2. The molecule has 2 fully saturated rings. The molecule has 2 aliphatic rings. The molecule has 3 rings (SSSR count). The maximum absolute atomic E-state index is 12.9. The third kappa shape index (κ3) is 4.52. The molecule has 1 atom stereocenters. The Balaban J connectivity index is 1.58. The summed E-state index contributed by atoms with van der Waals surface area (Å²) in [6.07, 6.45) is 4.52. The van der Waals surface area contributed by atoms with Crippen molar-refractivity contribution in [3.05, 3.63) is 29.3 Å². The van der Waals surface area contributed by atoms with Crippen LogP contribution in [0, 0.1) is 13.8 Å². The highest BCUT2D eigenvalue weighted by molar-refractivity contribution is 7.89. The zero-order valence-corrected chi connectivity index (χ0v) is 17.4. The van der Waals surface area contributed by atoms with E-state index in [9.17, 15) is 13.2 Å². The quantitative estimate of drug-likeness (QED) is 0.831. The molecule has 0 spiro atoms. The highest BCUT2D eigenvalue weighted by Crippen LogP contribution is 2.21. The van der Waals surface area contributed by atoms with E-state index >= 15 is 0 Å². The summed E-state index contributed by atoms with van der Waals surface area (Å²) in [5.74, 6) is 0.0624. The van der Waals surface area contributed by atoms with Crippen LogP contribution in [-0.2, 0) is 14.8 Å². The number of carbonyl (C=O) groups excluding carboxylic acids is 1. The Bertz CT molecular complexity index is 780. The van der Waals surface area contributed by atoms with Crippen molar-refractivity contribution in [3.8, 4) is 0 Å². The molecular formula is C20H31N3O3S. The smallest absolute Gasteiger partial charge is 0.243 e. The van der Waals surface area contributed by atoms with Gasteiger partial charge in [0, 0.05) is 32.2 Å². The number of carbonyl (C=O) groups is 1. The van der Waals surface area contributed by atoms with E-state index in [1.54, 1.807) is 12.1 Å². The maximum Gasteiger partial charge on any atom is 0.243 e. The van der Waals surface area contributed by atoms with Crippen LogP contribution < -0.4 is 5.32 Å². The van der Waals surface area contributed by atoms with Gasteiger partial charge in [0.15, 0.2) is 0 Å². The van der Waals surface area contributed by atoms with Gasteiger partial charge in [0.05, 0.1) is 10.9 Å². The molecule has 1 saturated carbocycles. The molecule has 0 aromatic heterocycles. The van der Waals surface area contributed by atoms with Gasteiger partial charge in [-0.05, 0) is 56.9 Å². The fraction of sp³-hybridized carbons (Fsp3) is 0.650. The third-order valence-electron chi connectivity index (χ3n) is 6.02. The summed E-state index contributed by atoms with van der Waals surface area (Å²) in [7, 11) is -3.48. The van der Waals surface area contributed by atoms with Crippen molar-refractivity contribution < 1.29 is 13.2 Å². The Labute approximate surface area is 163 Å². The second-order valence-corrected chi connectivity index (χ2v) is 9.79. The Morgan fingerprint density at radius 3 is 2.30 bits per heavy atom. The van der Waals surface area contributed by atoms with E-state index in [0.717, 1.165) is 24.0 Å². The normalized spacial score (nSPS) is 21.3. The lowest BCUT2D eigenvalue weighted by atomic mass is 10.1. The molecule has 1 aromatic rings. The Morgan fingerprint density at radius 1 is 1.07 bits per heavy atom. The van der Waals surface area contributed by atoms with E-state index in [0.29, 0.717) is 37.1 Å². The molecule has 6 nitrogen and oxygen atoms in total. The van der Waals surface area contributed by atoms with Gasteiger partial charge in [-0.2, -0.15) is 4.31 Å². The third-order valence-corrected chi connectivity index (χ3v) is 7.91. The van der Waals surface area contributed by atoms with Crippen LogP contribution in [0.4, 0.5) is 0 Å². The molecule has 1 saturated heterocycles. The second kappa shape index (κ2) is 8.29.